The van der Waals surface area contributed by atoms with Gasteiger partial charge in [-0.3, -0.25) is 9.59 Å². The number of aliphatic hydroxyl groups is 1. The average molecular weight is 403 g/mol. The molecule has 0 saturated carbocycles. The molecule has 28 heavy (non-hydrogen) atoms. The number of halogens is 1. The van der Waals surface area contributed by atoms with E-state index in [2.05, 4.69) is 0 Å². The van der Waals surface area contributed by atoms with Crippen LogP contribution in [0.15, 0.2) is 60.2 Å². The second-order valence-corrected chi connectivity index (χ2v) is 6.27. The minimum atomic E-state index is -0.686. The van der Waals surface area contributed by atoms with Crippen molar-refractivity contribution in [2.45, 2.75) is 12.5 Å². The maximum atomic E-state index is 12.7. The molecule has 2 aromatic rings. The van der Waals surface area contributed by atoms with Crippen molar-refractivity contribution in [2.24, 2.45) is 5.73 Å². The normalized spacial score (nSPS) is 18.1. The quantitative estimate of drug-likeness (QED) is 0.440. The van der Waals surface area contributed by atoms with Gasteiger partial charge in [-0.1, -0.05) is 30.3 Å². The number of carbonyl (C=O) groups is 2. The molecule has 2 aromatic carbocycles. The molecular weight excluding hydrogens is 380 g/mol. The minimum absolute atomic E-state index is 0. The van der Waals surface area contributed by atoms with E-state index in [-0.39, 0.29) is 23.7 Å². The molecule has 7 heteroatoms. The highest BCUT2D eigenvalue weighted by molar-refractivity contribution is 6.46. The Morgan fingerprint density at radius 1 is 1.11 bits per heavy atom. The third-order valence-electron chi connectivity index (χ3n) is 4.62. The maximum absolute atomic E-state index is 12.7. The molecule has 1 heterocycles. The summed E-state index contributed by atoms with van der Waals surface area (Å²) < 4.78 is 5.13. The number of hydrogen-bond donors (Lipinski definition) is 2. The van der Waals surface area contributed by atoms with Crippen molar-refractivity contribution < 1.29 is 19.4 Å². The van der Waals surface area contributed by atoms with Gasteiger partial charge in [0.1, 0.15) is 11.5 Å². The van der Waals surface area contributed by atoms with Gasteiger partial charge >= 0.3 is 0 Å². The number of amides is 1. The Labute approximate surface area is 170 Å². The molecule has 0 spiro atoms. The predicted octanol–water partition coefficient (Wildman–Crippen LogP) is 2.89. The third-order valence-corrected chi connectivity index (χ3v) is 4.62. The Morgan fingerprint density at radius 2 is 1.75 bits per heavy atom. The number of Topliss-reactive ketones (excluding diaryl/α,β-unsaturated/α-hetero) is 1. The summed E-state index contributed by atoms with van der Waals surface area (Å²) >= 11 is 0. The number of ether oxygens (including phenoxy) is 1. The van der Waals surface area contributed by atoms with Crippen LogP contribution in [-0.2, 0) is 9.59 Å². The van der Waals surface area contributed by atoms with E-state index < -0.39 is 17.7 Å². The summed E-state index contributed by atoms with van der Waals surface area (Å²) in [6, 6.07) is 15.3. The molecule has 1 aliphatic rings. The average Bonchev–Trinajstić information content (AvgIpc) is 2.97. The predicted molar refractivity (Wildman–Crippen MR) is 109 cm³/mol. The Kier molecular flexibility index (Phi) is 7.20. The molecular formula is C21H23ClN2O4. The number of carbonyl (C=O) groups excluding carboxylic acids is 2. The van der Waals surface area contributed by atoms with E-state index in [4.69, 9.17) is 10.5 Å². The van der Waals surface area contributed by atoms with Crippen LogP contribution in [0, 0.1) is 0 Å². The first-order chi connectivity index (χ1) is 13.1. The van der Waals surface area contributed by atoms with Crippen molar-refractivity contribution in [2.75, 3.05) is 20.2 Å². The van der Waals surface area contributed by atoms with Gasteiger partial charge in [0.2, 0.25) is 0 Å². The smallest absolute Gasteiger partial charge is 0.295 e. The Bertz CT molecular complexity index is 866. The molecule has 0 aliphatic carbocycles. The van der Waals surface area contributed by atoms with Gasteiger partial charge in [-0.05, 0) is 42.8 Å². The van der Waals surface area contributed by atoms with Gasteiger partial charge in [-0.15, -0.1) is 12.4 Å². The summed E-state index contributed by atoms with van der Waals surface area (Å²) in [4.78, 5) is 26.8. The number of methoxy groups -OCH3 is 1. The zero-order valence-electron chi connectivity index (χ0n) is 15.5. The van der Waals surface area contributed by atoms with Crippen LogP contribution in [-0.4, -0.2) is 41.9 Å². The Balaban J connectivity index is 0.00000280. The number of benzene rings is 2. The molecule has 0 aromatic heterocycles. The van der Waals surface area contributed by atoms with Crippen LogP contribution in [0.25, 0.3) is 5.76 Å². The SMILES string of the molecule is COc1ccc(C(O)=C2C(=O)C(=O)N(CCCN)C2c2ccccc2)cc1.Cl. The fourth-order valence-corrected chi connectivity index (χ4v) is 3.26. The highest BCUT2D eigenvalue weighted by Crippen LogP contribution is 2.39. The third kappa shape index (κ3) is 4.03. The van der Waals surface area contributed by atoms with E-state index in [1.165, 1.54) is 4.90 Å². The zero-order valence-corrected chi connectivity index (χ0v) is 16.3. The molecule has 6 nitrogen and oxygen atoms in total. The summed E-state index contributed by atoms with van der Waals surface area (Å²) in [7, 11) is 1.55. The Hall–Kier alpha value is -2.83. The fraction of sp³-hybridized carbons (Fsp3) is 0.238. The number of hydrogen-bond acceptors (Lipinski definition) is 5. The highest BCUT2D eigenvalue weighted by atomic mass is 35.5. The zero-order chi connectivity index (χ0) is 19.4. The van der Waals surface area contributed by atoms with Crippen molar-refractivity contribution in [3.8, 4) is 5.75 Å². The van der Waals surface area contributed by atoms with Crippen molar-refractivity contribution >= 4 is 29.9 Å². The van der Waals surface area contributed by atoms with Gasteiger partial charge < -0.3 is 20.5 Å². The van der Waals surface area contributed by atoms with Crippen LogP contribution in [0.4, 0.5) is 0 Å². The number of aliphatic hydroxyl groups excluding tert-OH is 1. The van der Waals surface area contributed by atoms with Gasteiger partial charge in [-0.25, -0.2) is 0 Å². The lowest BCUT2D eigenvalue weighted by Crippen LogP contribution is -2.31. The molecule has 0 radical (unpaired) electrons. The first kappa shape index (κ1) is 21.5. The maximum Gasteiger partial charge on any atom is 0.295 e. The fourth-order valence-electron chi connectivity index (χ4n) is 3.26. The summed E-state index contributed by atoms with van der Waals surface area (Å²) in [6.07, 6.45) is 0.568. The summed E-state index contributed by atoms with van der Waals surface area (Å²) in [6.45, 7) is 0.753. The summed E-state index contributed by atoms with van der Waals surface area (Å²) in [5.41, 5.74) is 6.90. The van der Waals surface area contributed by atoms with Gasteiger partial charge in [0.15, 0.2) is 0 Å². The van der Waals surface area contributed by atoms with E-state index in [0.717, 1.165) is 5.56 Å². The highest BCUT2D eigenvalue weighted by Gasteiger charge is 2.45. The number of nitrogens with two attached hydrogens (primary N) is 1. The topological polar surface area (TPSA) is 92.9 Å². The molecule has 0 bridgehead atoms. The Morgan fingerprint density at radius 3 is 2.32 bits per heavy atom. The molecule has 1 amide bonds. The monoisotopic (exact) mass is 402 g/mol. The van der Waals surface area contributed by atoms with E-state index in [0.29, 0.717) is 30.8 Å². The lowest BCUT2D eigenvalue weighted by atomic mass is 9.95. The lowest BCUT2D eigenvalue weighted by molar-refractivity contribution is -0.139. The van der Waals surface area contributed by atoms with Crippen LogP contribution in [0.2, 0.25) is 0 Å². The standard InChI is InChI=1S/C21H22N2O4.ClH/c1-27-16-10-8-15(9-11-16)19(24)17-18(14-6-3-2-4-7-14)23(13-5-12-22)21(26)20(17)25;/h2-4,6-11,18,24H,5,12-13,22H2,1H3;1H. The van der Waals surface area contributed by atoms with E-state index in [1.807, 2.05) is 30.3 Å². The first-order valence-electron chi connectivity index (χ1n) is 8.76. The second-order valence-electron chi connectivity index (χ2n) is 6.27. The molecule has 1 fully saturated rings. The number of rotatable bonds is 6. The van der Waals surface area contributed by atoms with Gasteiger partial charge in [0, 0.05) is 12.1 Å². The van der Waals surface area contributed by atoms with E-state index >= 15 is 0 Å². The second kappa shape index (κ2) is 9.39. The molecule has 1 aliphatic heterocycles. The number of ketones is 1. The molecule has 148 valence electrons. The molecule has 1 atom stereocenters. The largest absolute Gasteiger partial charge is 0.507 e. The van der Waals surface area contributed by atoms with Crippen LogP contribution < -0.4 is 10.5 Å². The lowest BCUT2D eigenvalue weighted by Gasteiger charge is -2.25. The summed E-state index contributed by atoms with van der Waals surface area (Å²) in [5.74, 6) is -0.865. The molecule has 3 N–H and O–H groups in total. The van der Waals surface area contributed by atoms with Crippen molar-refractivity contribution in [3.63, 3.8) is 0 Å². The molecule has 3 rings (SSSR count). The van der Waals surface area contributed by atoms with Crippen LogP contribution in [0.1, 0.15) is 23.6 Å². The van der Waals surface area contributed by atoms with Gasteiger partial charge in [-0.2, -0.15) is 0 Å². The van der Waals surface area contributed by atoms with Crippen LogP contribution in [0.3, 0.4) is 0 Å². The first-order valence-corrected chi connectivity index (χ1v) is 8.76. The van der Waals surface area contributed by atoms with Crippen molar-refractivity contribution in [1.29, 1.82) is 0 Å². The number of nitrogens with zero attached hydrogens (tertiary/aromatic N) is 1. The summed E-state index contributed by atoms with van der Waals surface area (Å²) in [5, 5.41) is 10.9. The minimum Gasteiger partial charge on any atom is -0.507 e. The van der Waals surface area contributed by atoms with Gasteiger partial charge in [0.25, 0.3) is 11.7 Å². The van der Waals surface area contributed by atoms with E-state index in [9.17, 15) is 14.7 Å². The molecule has 1 unspecified atom stereocenters. The van der Waals surface area contributed by atoms with Gasteiger partial charge in [0.05, 0.1) is 18.7 Å². The molecule has 1 saturated heterocycles. The van der Waals surface area contributed by atoms with Crippen molar-refractivity contribution in [3.05, 3.63) is 71.3 Å². The van der Waals surface area contributed by atoms with Crippen LogP contribution in [0.5, 0.6) is 5.75 Å². The van der Waals surface area contributed by atoms with Crippen LogP contribution >= 0.6 is 12.4 Å². The van der Waals surface area contributed by atoms with Crippen molar-refractivity contribution in [1.82, 2.24) is 4.90 Å². The van der Waals surface area contributed by atoms with E-state index in [1.54, 1.807) is 31.4 Å². The number of likely N-dealkylation sites (tertiary alicyclic amines) is 1.